The van der Waals surface area contributed by atoms with E-state index in [2.05, 4.69) is 28.2 Å². The zero-order chi connectivity index (χ0) is 9.97. The van der Waals surface area contributed by atoms with Crippen LogP contribution in [-0.4, -0.2) is 17.5 Å². The molecule has 0 spiro atoms. The summed E-state index contributed by atoms with van der Waals surface area (Å²) in [5.74, 6) is 4.28. The van der Waals surface area contributed by atoms with Crippen LogP contribution in [0.1, 0.15) is 12.7 Å². The number of hydrogen-bond acceptors (Lipinski definition) is 3. The molecule has 1 N–H and O–H groups in total. The Hall–Kier alpha value is 0.0700. The van der Waals surface area contributed by atoms with Gasteiger partial charge in [-0.1, -0.05) is 6.92 Å². The molecule has 0 radical (unpaired) electrons. The molecule has 1 aliphatic heterocycles. The highest BCUT2D eigenvalue weighted by Gasteiger charge is 2.23. The molecule has 2 nitrogen and oxygen atoms in total. The Bertz CT molecular complexity index is 302. The van der Waals surface area contributed by atoms with Gasteiger partial charge >= 0.3 is 0 Å². The highest BCUT2D eigenvalue weighted by Crippen LogP contribution is 2.24. The van der Waals surface area contributed by atoms with Crippen molar-refractivity contribution >= 4 is 27.7 Å². The van der Waals surface area contributed by atoms with Crippen LogP contribution in [0.25, 0.3) is 0 Å². The van der Waals surface area contributed by atoms with Gasteiger partial charge < -0.3 is 9.73 Å². The first-order valence-corrected chi connectivity index (χ1v) is 6.74. The molecule has 1 fully saturated rings. The van der Waals surface area contributed by atoms with Gasteiger partial charge in [0.15, 0.2) is 0 Å². The summed E-state index contributed by atoms with van der Waals surface area (Å²) >= 11 is 5.40. The lowest BCUT2D eigenvalue weighted by Crippen LogP contribution is -2.33. The standard InChI is InChI=1S/C10H14BrNOS/c1-7-5-14-6-10(7)12-3-9-2-8(11)4-13-9/h2,4,7,10,12H,3,5-6H2,1H3. The minimum atomic E-state index is 0.642. The van der Waals surface area contributed by atoms with E-state index in [9.17, 15) is 0 Å². The summed E-state index contributed by atoms with van der Waals surface area (Å²) in [7, 11) is 0. The number of furan rings is 1. The van der Waals surface area contributed by atoms with Gasteiger partial charge in [0.25, 0.3) is 0 Å². The van der Waals surface area contributed by atoms with Gasteiger partial charge in [0.1, 0.15) is 12.0 Å². The van der Waals surface area contributed by atoms with Crippen molar-refractivity contribution in [3.8, 4) is 0 Å². The largest absolute Gasteiger partial charge is 0.467 e. The predicted octanol–water partition coefficient (Wildman–Crippen LogP) is 2.88. The van der Waals surface area contributed by atoms with Gasteiger partial charge in [-0.25, -0.2) is 0 Å². The number of rotatable bonds is 3. The lowest BCUT2D eigenvalue weighted by molar-refractivity contribution is 0.414. The monoisotopic (exact) mass is 275 g/mol. The number of halogens is 1. The van der Waals surface area contributed by atoms with Crippen LogP contribution in [-0.2, 0) is 6.54 Å². The summed E-state index contributed by atoms with van der Waals surface area (Å²) in [6.07, 6.45) is 1.73. The molecule has 2 rings (SSSR count). The van der Waals surface area contributed by atoms with Gasteiger partial charge in [-0.15, -0.1) is 0 Å². The minimum Gasteiger partial charge on any atom is -0.467 e. The molecule has 78 valence electrons. The van der Waals surface area contributed by atoms with Crippen molar-refractivity contribution in [2.45, 2.75) is 19.5 Å². The number of thioether (sulfide) groups is 1. The summed E-state index contributed by atoms with van der Waals surface area (Å²) in [5, 5.41) is 3.53. The van der Waals surface area contributed by atoms with E-state index in [0.29, 0.717) is 6.04 Å². The minimum absolute atomic E-state index is 0.642. The third-order valence-electron chi connectivity index (χ3n) is 2.53. The van der Waals surface area contributed by atoms with Crippen molar-refractivity contribution in [2.75, 3.05) is 11.5 Å². The molecule has 14 heavy (non-hydrogen) atoms. The zero-order valence-corrected chi connectivity index (χ0v) is 10.5. The zero-order valence-electron chi connectivity index (χ0n) is 8.13. The SMILES string of the molecule is CC1CSCC1NCc1cc(Br)co1. The van der Waals surface area contributed by atoms with Crippen LogP contribution in [0.3, 0.4) is 0 Å². The fourth-order valence-electron chi connectivity index (χ4n) is 1.60. The van der Waals surface area contributed by atoms with Crippen molar-refractivity contribution in [1.29, 1.82) is 0 Å². The Labute approximate surface area is 97.0 Å². The smallest absolute Gasteiger partial charge is 0.118 e. The lowest BCUT2D eigenvalue weighted by atomic mass is 10.1. The average Bonchev–Trinajstić information content (AvgIpc) is 2.72. The van der Waals surface area contributed by atoms with Crippen LogP contribution in [0.15, 0.2) is 21.2 Å². The maximum absolute atomic E-state index is 5.34. The molecule has 1 aromatic rings. The summed E-state index contributed by atoms with van der Waals surface area (Å²) in [4.78, 5) is 0. The molecular formula is C10H14BrNOS. The van der Waals surface area contributed by atoms with Crippen molar-refractivity contribution in [3.05, 3.63) is 22.6 Å². The van der Waals surface area contributed by atoms with Gasteiger partial charge in [-0.05, 0) is 33.7 Å². The number of nitrogens with one attached hydrogen (secondary N) is 1. The average molecular weight is 276 g/mol. The van der Waals surface area contributed by atoms with Gasteiger partial charge in [0, 0.05) is 11.8 Å². The van der Waals surface area contributed by atoms with E-state index in [4.69, 9.17) is 4.42 Å². The summed E-state index contributed by atoms with van der Waals surface area (Å²) in [5.41, 5.74) is 0. The van der Waals surface area contributed by atoms with E-state index < -0.39 is 0 Å². The first-order valence-electron chi connectivity index (χ1n) is 4.80. The van der Waals surface area contributed by atoms with E-state index in [0.717, 1.165) is 22.7 Å². The maximum Gasteiger partial charge on any atom is 0.118 e. The Morgan fingerprint density at radius 3 is 3.07 bits per heavy atom. The Balaban J connectivity index is 1.82. The molecular weight excluding hydrogens is 262 g/mol. The fraction of sp³-hybridized carbons (Fsp3) is 0.600. The number of hydrogen-bond donors (Lipinski definition) is 1. The molecule has 0 aliphatic carbocycles. The van der Waals surface area contributed by atoms with Gasteiger partial charge in [-0.2, -0.15) is 11.8 Å². The molecule has 2 atom stereocenters. The van der Waals surface area contributed by atoms with Gasteiger partial charge in [-0.3, -0.25) is 0 Å². The Kier molecular flexibility index (Phi) is 3.57. The molecule has 0 amide bonds. The molecule has 0 aromatic carbocycles. The second kappa shape index (κ2) is 4.73. The summed E-state index contributed by atoms with van der Waals surface area (Å²) < 4.78 is 6.36. The highest BCUT2D eigenvalue weighted by atomic mass is 79.9. The van der Waals surface area contributed by atoms with Crippen molar-refractivity contribution in [3.63, 3.8) is 0 Å². The molecule has 4 heteroatoms. The predicted molar refractivity (Wildman–Crippen MR) is 63.5 cm³/mol. The first-order chi connectivity index (χ1) is 6.75. The molecule has 1 aromatic heterocycles. The summed E-state index contributed by atoms with van der Waals surface area (Å²) in [6.45, 7) is 3.14. The van der Waals surface area contributed by atoms with Crippen LogP contribution in [0.2, 0.25) is 0 Å². The van der Waals surface area contributed by atoms with Crippen LogP contribution >= 0.6 is 27.7 Å². The molecule has 0 saturated carbocycles. The summed E-state index contributed by atoms with van der Waals surface area (Å²) in [6, 6.07) is 2.66. The molecule has 1 saturated heterocycles. The van der Waals surface area contributed by atoms with Crippen LogP contribution in [0.4, 0.5) is 0 Å². The topological polar surface area (TPSA) is 25.2 Å². The van der Waals surface area contributed by atoms with Crippen LogP contribution in [0.5, 0.6) is 0 Å². The third-order valence-corrected chi connectivity index (χ3v) is 4.30. The normalized spacial score (nSPS) is 27.0. The fourth-order valence-corrected chi connectivity index (χ4v) is 3.39. The van der Waals surface area contributed by atoms with Gasteiger partial charge in [0.2, 0.25) is 0 Å². The Morgan fingerprint density at radius 1 is 1.64 bits per heavy atom. The van der Waals surface area contributed by atoms with Crippen molar-refractivity contribution < 1.29 is 4.42 Å². The van der Waals surface area contributed by atoms with Crippen molar-refractivity contribution in [1.82, 2.24) is 5.32 Å². The van der Waals surface area contributed by atoms with Crippen LogP contribution < -0.4 is 5.32 Å². The van der Waals surface area contributed by atoms with Crippen LogP contribution in [0, 0.1) is 5.92 Å². The highest BCUT2D eigenvalue weighted by molar-refractivity contribution is 9.10. The Morgan fingerprint density at radius 2 is 2.50 bits per heavy atom. The third kappa shape index (κ3) is 2.55. The second-order valence-electron chi connectivity index (χ2n) is 3.73. The van der Waals surface area contributed by atoms with Gasteiger partial charge in [0.05, 0.1) is 11.0 Å². The van der Waals surface area contributed by atoms with E-state index in [1.54, 1.807) is 6.26 Å². The maximum atomic E-state index is 5.34. The quantitative estimate of drug-likeness (QED) is 0.919. The second-order valence-corrected chi connectivity index (χ2v) is 5.72. The molecule has 2 heterocycles. The van der Waals surface area contributed by atoms with E-state index in [1.807, 2.05) is 17.8 Å². The van der Waals surface area contributed by atoms with E-state index in [1.165, 1.54) is 11.5 Å². The van der Waals surface area contributed by atoms with E-state index >= 15 is 0 Å². The van der Waals surface area contributed by atoms with E-state index in [-0.39, 0.29) is 0 Å². The van der Waals surface area contributed by atoms with Crippen molar-refractivity contribution in [2.24, 2.45) is 5.92 Å². The lowest BCUT2D eigenvalue weighted by Gasteiger charge is -2.14. The molecule has 0 bridgehead atoms. The first kappa shape index (κ1) is 10.6. The molecule has 1 aliphatic rings. The molecule has 2 unspecified atom stereocenters.